The molecule has 0 spiro atoms. The number of hydrogen-bond acceptors (Lipinski definition) is 6. The summed E-state index contributed by atoms with van der Waals surface area (Å²) in [6.45, 7) is 8.81. The van der Waals surface area contributed by atoms with Gasteiger partial charge < -0.3 is 14.2 Å². The van der Waals surface area contributed by atoms with Crippen LogP contribution in [0.4, 0.5) is 0 Å². The van der Waals surface area contributed by atoms with Gasteiger partial charge in [-0.25, -0.2) is 4.98 Å². The first-order chi connectivity index (χ1) is 14.2. The van der Waals surface area contributed by atoms with Crippen molar-refractivity contribution in [1.82, 2.24) is 34.3 Å². The second-order valence-corrected chi connectivity index (χ2v) is 7.93. The second kappa shape index (κ2) is 9.49. The van der Waals surface area contributed by atoms with Gasteiger partial charge in [-0.2, -0.15) is 0 Å². The van der Waals surface area contributed by atoms with Crippen LogP contribution in [-0.2, 0) is 17.8 Å². The maximum atomic E-state index is 13.1. The summed E-state index contributed by atoms with van der Waals surface area (Å²) in [5.74, 6) is 1.02. The number of ether oxygens (including phenoxy) is 1. The van der Waals surface area contributed by atoms with E-state index in [0.717, 1.165) is 77.6 Å². The predicted octanol–water partition coefficient (Wildman–Crippen LogP) is 1.20. The van der Waals surface area contributed by atoms with Crippen LogP contribution >= 0.6 is 0 Å². The molecule has 9 nitrogen and oxygen atoms in total. The molecule has 0 aromatic carbocycles. The molecule has 9 heteroatoms. The van der Waals surface area contributed by atoms with Crippen molar-refractivity contribution < 1.29 is 9.53 Å². The minimum atomic E-state index is 0.00896. The number of imidazole rings is 1. The Balaban J connectivity index is 1.34. The van der Waals surface area contributed by atoms with Crippen molar-refractivity contribution in [3.8, 4) is 0 Å². The Bertz CT molecular complexity index is 796. The normalized spacial score (nSPS) is 20.9. The lowest BCUT2D eigenvalue weighted by Crippen LogP contribution is -2.44. The van der Waals surface area contributed by atoms with E-state index in [0.29, 0.717) is 5.69 Å². The van der Waals surface area contributed by atoms with Gasteiger partial charge in [-0.05, 0) is 32.6 Å². The molecule has 1 amide bonds. The molecular weight excluding hydrogens is 370 g/mol. The van der Waals surface area contributed by atoms with Crippen molar-refractivity contribution in [3.63, 3.8) is 0 Å². The van der Waals surface area contributed by atoms with E-state index in [9.17, 15) is 4.79 Å². The fourth-order valence-corrected chi connectivity index (χ4v) is 4.22. The van der Waals surface area contributed by atoms with Gasteiger partial charge in [0.15, 0.2) is 5.69 Å². The predicted molar refractivity (Wildman–Crippen MR) is 108 cm³/mol. The van der Waals surface area contributed by atoms with E-state index in [2.05, 4.69) is 24.8 Å². The highest BCUT2D eigenvalue weighted by Gasteiger charge is 2.29. The average Bonchev–Trinajstić information content (AvgIpc) is 3.40. The third-order valence-corrected chi connectivity index (χ3v) is 6.02. The third kappa shape index (κ3) is 5.02. The van der Waals surface area contributed by atoms with Crippen molar-refractivity contribution >= 4 is 5.91 Å². The van der Waals surface area contributed by atoms with Gasteiger partial charge in [0.25, 0.3) is 5.91 Å². The minimum Gasteiger partial charge on any atom is -0.379 e. The molecule has 1 atom stereocenters. The van der Waals surface area contributed by atoms with Crippen molar-refractivity contribution in [2.45, 2.75) is 51.7 Å². The van der Waals surface area contributed by atoms with E-state index in [1.807, 2.05) is 24.2 Å². The van der Waals surface area contributed by atoms with Crippen LogP contribution in [0.15, 0.2) is 18.6 Å². The summed E-state index contributed by atoms with van der Waals surface area (Å²) in [6, 6.07) is 0.247. The lowest BCUT2D eigenvalue weighted by Gasteiger charge is -2.35. The van der Waals surface area contributed by atoms with Gasteiger partial charge in [-0.1, -0.05) is 5.21 Å². The number of hydrogen-bond donors (Lipinski definition) is 0. The average molecular weight is 402 g/mol. The van der Waals surface area contributed by atoms with Crippen molar-refractivity contribution in [1.29, 1.82) is 0 Å². The van der Waals surface area contributed by atoms with Crippen LogP contribution in [0.25, 0.3) is 0 Å². The van der Waals surface area contributed by atoms with Gasteiger partial charge in [0.1, 0.15) is 5.82 Å². The van der Waals surface area contributed by atoms with E-state index in [1.165, 1.54) is 6.42 Å². The van der Waals surface area contributed by atoms with Crippen LogP contribution < -0.4 is 0 Å². The molecule has 0 saturated carbocycles. The number of morpholine rings is 1. The Kier molecular flexibility index (Phi) is 6.56. The number of amides is 1. The van der Waals surface area contributed by atoms with Gasteiger partial charge in [0, 0.05) is 51.2 Å². The van der Waals surface area contributed by atoms with E-state index in [1.54, 1.807) is 10.9 Å². The summed E-state index contributed by atoms with van der Waals surface area (Å²) in [4.78, 5) is 21.8. The fourth-order valence-electron chi connectivity index (χ4n) is 4.22. The number of carbonyl (C=O) groups excluding carboxylic acids is 1. The summed E-state index contributed by atoms with van der Waals surface area (Å²) >= 11 is 0. The molecule has 2 aliphatic rings. The van der Waals surface area contributed by atoms with E-state index in [-0.39, 0.29) is 11.9 Å². The lowest BCUT2D eigenvalue weighted by atomic mass is 9.99. The topological polar surface area (TPSA) is 81.3 Å². The zero-order chi connectivity index (χ0) is 20.1. The molecule has 4 rings (SSSR count). The van der Waals surface area contributed by atoms with Gasteiger partial charge in [0.2, 0.25) is 0 Å². The molecule has 0 aliphatic carbocycles. The van der Waals surface area contributed by atoms with E-state index >= 15 is 0 Å². The van der Waals surface area contributed by atoms with Crippen LogP contribution in [0, 0.1) is 6.92 Å². The molecule has 2 aliphatic heterocycles. The van der Waals surface area contributed by atoms with Gasteiger partial charge in [-0.3, -0.25) is 14.4 Å². The molecule has 2 fully saturated rings. The summed E-state index contributed by atoms with van der Waals surface area (Å²) in [6.07, 6.45) is 9.84. The Morgan fingerprint density at radius 1 is 1.17 bits per heavy atom. The number of piperidine rings is 1. The highest BCUT2D eigenvalue weighted by atomic mass is 16.5. The van der Waals surface area contributed by atoms with Gasteiger partial charge in [0.05, 0.1) is 26.0 Å². The van der Waals surface area contributed by atoms with Crippen LogP contribution in [-0.4, -0.2) is 85.7 Å². The molecule has 4 heterocycles. The first-order valence-corrected chi connectivity index (χ1v) is 10.7. The minimum absolute atomic E-state index is 0.00896. The van der Waals surface area contributed by atoms with Crippen molar-refractivity contribution in [3.05, 3.63) is 30.1 Å². The largest absolute Gasteiger partial charge is 0.379 e. The van der Waals surface area contributed by atoms with Gasteiger partial charge in [-0.15, -0.1) is 5.10 Å². The first-order valence-electron chi connectivity index (χ1n) is 10.7. The van der Waals surface area contributed by atoms with Crippen LogP contribution in [0.5, 0.6) is 0 Å². The number of likely N-dealkylation sites (tertiary alicyclic amines) is 1. The molecule has 0 N–H and O–H groups in total. The standard InChI is InChI=1S/C20H31N7O2/c1-17-21-6-9-25(17)8-5-18-4-2-3-7-27(18)20(28)19-16-26(23-22-19)11-10-24-12-14-29-15-13-24/h6,9,16,18H,2-5,7-8,10-15H2,1H3/t18-/m0/s1. The molecule has 0 radical (unpaired) electrons. The molecular formula is C20H31N7O2. The molecule has 2 saturated heterocycles. The quantitative estimate of drug-likeness (QED) is 0.694. The van der Waals surface area contributed by atoms with Crippen LogP contribution in [0.1, 0.15) is 42.0 Å². The Morgan fingerprint density at radius 2 is 2.03 bits per heavy atom. The maximum absolute atomic E-state index is 13.1. The van der Waals surface area contributed by atoms with Gasteiger partial charge >= 0.3 is 0 Å². The SMILES string of the molecule is Cc1nccn1CC[C@@H]1CCCCN1C(=O)c1cn(CCN2CCOCC2)nn1. The molecule has 2 aromatic rings. The number of nitrogens with zero attached hydrogens (tertiary/aromatic N) is 7. The van der Waals surface area contributed by atoms with Crippen molar-refractivity contribution in [2.24, 2.45) is 0 Å². The monoisotopic (exact) mass is 401 g/mol. The highest BCUT2D eigenvalue weighted by Crippen LogP contribution is 2.22. The third-order valence-electron chi connectivity index (χ3n) is 6.02. The zero-order valence-electron chi connectivity index (χ0n) is 17.2. The van der Waals surface area contributed by atoms with E-state index < -0.39 is 0 Å². The number of carbonyl (C=O) groups is 1. The fraction of sp³-hybridized carbons (Fsp3) is 0.700. The number of aryl methyl sites for hydroxylation is 2. The zero-order valence-corrected chi connectivity index (χ0v) is 17.2. The Morgan fingerprint density at radius 3 is 2.83 bits per heavy atom. The number of aromatic nitrogens is 5. The first kappa shape index (κ1) is 20.0. The second-order valence-electron chi connectivity index (χ2n) is 7.93. The maximum Gasteiger partial charge on any atom is 0.276 e. The summed E-state index contributed by atoms with van der Waals surface area (Å²) in [7, 11) is 0. The van der Waals surface area contributed by atoms with Crippen LogP contribution in [0.2, 0.25) is 0 Å². The highest BCUT2D eigenvalue weighted by molar-refractivity contribution is 5.92. The summed E-state index contributed by atoms with van der Waals surface area (Å²) in [5.41, 5.74) is 0.456. The molecule has 0 unspecified atom stereocenters. The smallest absolute Gasteiger partial charge is 0.276 e. The van der Waals surface area contributed by atoms with Crippen LogP contribution in [0.3, 0.4) is 0 Å². The number of rotatable bonds is 7. The molecule has 29 heavy (non-hydrogen) atoms. The lowest BCUT2D eigenvalue weighted by molar-refractivity contribution is 0.0359. The van der Waals surface area contributed by atoms with E-state index in [4.69, 9.17) is 4.74 Å². The summed E-state index contributed by atoms with van der Waals surface area (Å²) < 4.78 is 9.32. The molecule has 0 bridgehead atoms. The molecule has 158 valence electrons. The summed E-state index contributed by atoms with van der Waals surface area (Å²) in [5, 5.41) is 8.37. The Labute approximate surface area is 171 Å². The van der Waals surface area contributed by atoms with Crippen molar-refractivity contribution in [2.75, 3.05) is 39.4 Å². The Hall–Kier alpha value is -2.26. The molecule has 2 aromatic heterocycles.